The minimum Gasteiger partial charge on any atom is -0.399 e. The van der Waals surface area contributed by atoms with Gasteiger partial charge in [0.15, 0.2) is 0 Å². The van der Waals surface area contributed by atoms with E-state index in [1.54, 1.807) is 24.6 Å². The molecule has 0 radical (unpaired) electrons. The number of hydrogen-bond donors (Lipinski definition) is 1. The molecule has 0 saturated carbocycles. The van der Waals surface area contributed by atoms with E-state index in [0.29, 0.717) is 22.1 Å². The van der Waals surface area contributed by atoms with Crippen LogP contribution >= 0.6 is 0 Å². The fourth-order valence-corrected chi connectivity index (χ4v) is 2.68. The zero-order valence-corrected chi connectivity index (χ0v) is 15.9. The van der Waals surface area contributed by atoms with Crippen LogP contribution in [0.4, 0.5) is 0 Å². The van der Waals surface area contributed by atoms with Crippen molar-refractivity contribution < 1.29 is 14.4 Å². The van der Waals surface area contributed by atoms with Crippen LogP contribution in [0.15, 0.2) is 18.5 Å². The molecule has 0 bridgehead atoms. The Morgan fingerprint density at radius 1 is 1.23 bits per heavy atom. The van der Waals surface area contributed by atoms with Crippen molar-refractivity contribution in [2.75, 3.05) is 0 Å². The van der Waals surface area contributed by atoms with Crippen molar-refractivity contribution in [3.63, 3.8) is 0 Å². The summed E-state index contributed by atoms with van der Waals surface area (Å²) in [5, 5.41) is 23.5. The van der Waals surface area contributed by atoms with Gasteiger partial charge in [0, 0.05) is 17.2 Å². The highest BCUT2D eigenvalue weighted by Crippen LogP contribution is 2.37. The van der Waals surface area contributed by atoms with Crippen LogP contribution in [0.1, 0.15) is 52.7 Å². The molecule has 0 atom stereocenters. The van der Waals surface area contributed by atoms with E-state index in [1.807, 2.05) is 33.8 Å². The van der Waals surface area contributed by atoms with E-state index in [1.165, 1.54) is 6.20 Å². The minimum atomic E-state index is -1.11. The van der Waals surface area contributed by atoms with Gasteiger partial charge in [-0.15, -0.1) is 0 Å². The molecule has 0 aromatic carbocycles. The number of pyridine rings is 1. The third-order valence-corrected chi connectivity index (χ3v) is 4.78. The Morgan fingerprint density at radius 3 is 2.38 bits per heavy atom. The molecule has 134 valence electrons. The predicted molar refractivity (Wildman–Crippen MR) is 98.8 cm³/mol. The first-order valence-electron chi connectivity index (χ1n) is 8.46. The molecule has 7 heteroatoms. The lowest BCUT2D eigenvalue weighted by molar-refractivity contribution is 0.00578. The van der Waals surface area contributed by atoms with Crippen molar-refractivity contribution in [2.24, 2.45) is 0 Å². The van der Waals surface area contributed by atoms with Crippen LogP contribution < -0.4 is 5.46 Å². The lowest BCUT2D eigenvalue weighted by atomic mass is 9.77. The first-order chi connectivity index (χ1) is 11.9. The molecule has 1 aliphatic rings. The van der Waals surface area contributed by atoms with E-state index in [2.05, 4.69) is 23.0 Å². The Balaban J connectivity index is 2.18. The van der Waals surface area contributed by atoms with Crippen molar-refractivity contribution in [3.05, 3.63) is 29.6 Å². The molecule has 1 fully saturated rings. The molecular weight excluding hydrogens is 329 g/mol. The van der Waals surface area contributed by atoms with Gasteiger partial charge in [-0.2, -0.15) is 10.4 Å². The highest BCUT2D eigenvalue weighted by molar-refractivity contribution is 6.64. The van der Waals surface area contributed by atoms with Crippen LogP contribution in [0.2, 0.25) is 0 Å². The van der Waals surface area contributed by atoms with Gasteiger partial charge >= 0.3 is 7.12 Å². The summed E-state index contributed by atoms with van der Waals surface area (Å²) in [6.45, 7) is 11.1. The Labute approximate surface area is 153 Å². The second-order valence-electron chi connectivity index (χ2n) is 8.04. The van der Waals surface area contributed by atoms with Gasteiger partial charge in [0.05, 0.1) is 28.5 Å². The number of aromatic nitrogens is 2. The predicted octanol–water partition coefficient (Wildman–Crippen LogP) is 1.63. The molecule has 6 nitrogen and oxygen atoms in total. The van der Waals surface area contributed by atoms with Gasteiger partial charge in [0.2, 0.25) is 0 Å². The maximum absolute atomic E-state index is 9.86. The first-order valence-corrected chi connectivity index (χ1v) is 8.46. The van der Waals surface area contributed by atoms with Crippen LogP contribution in [-0.4, -0.2) is 38.6 Å². The number of rotatable bonds is 1. The number of hydrogen-bond acceptors (Lipinski definition) is 5. The molecule has 26 heavy (non-hydrogen) atoms. The average Bonchev–Trinajstić information content (AvgIpc) is 3.01. The van der Waals surface area contributed by atoms with E-state index in [-0.39, 0.29) is 0 Å². The summed E-state index contributed by atoms with van der Waals surface area (Å²) >= 11 is 0. The summed E-state index contributed by atoms with van der Waals surface area (Å²) in [6, 6.07) is 3.99. The van der Waals surface area contributed by atoms with E-state index in [4.69, 9.17) is 9.31 Å². The Hall–Kier alpha value is -2.32. The Kier molecular flexibility index (Phi) is 4.16. The number of nitrogens with zero attached hydrogens (tertiary/aromatic N) is 3. The second-order valence-corrected chi connectivity index (χ2v) is 8.04. The summed E-state index contributed by atoms with van der Waals surface area (Å²) < 4.78 is 13.9. The van der Waals surface area contributed by atoms with E-state index < -0.39 is 23.9 Å². The fraction of sp³-hybridized carbons (Fsp3) is 0.474. The van der Waals surface area contributed by atoms with Gasteiger partial charge in [-0.25, -0.2) is 4.52 Å². The zero-order valence-electron chi connectivity index (χ0n) is 15.9. The van der Waals surface area contributed by atoms with Gasteiger partial charge in [0.1, 0.15) is 11.7 Å². The molecule has 3 heterocycles. The largest absolute Gasteiger partial charge is 0.497 e. The topological polar surface area (TPSA) is 79.8 Å². The second kappa shape index (κ2) is 5.85. The van der Waals surface area contributed by atoms with E-state index in [9.17, 15) is 10.4 Å². The Morgan fingerprint density at radius 2 is 1.85 bits per heavy atom. The van der Waals surface area contributed by atoms with Crippen LogP contribution in [0, 0.1) is 23.2 Å². The number of fused-ring (bicyclic) bond motifs is 1. The normalized spacial score (nSPS) is 18.5. The molecule has 2 aromatic rings. The molecular formula is C19H22BN3O3. The van der Waals surface area contributed by atoms with Gasteiger partial charge in [0.25, 0.3) is 0 Å². The summed E-state index contributed by atoms with van der Waals surface area (Å²) in [7, 11) is -0.643. The quantitative estimate of drug-likeness (QED) is 0.624. The molecule has 2 aromatic heterocycles. The first kappa shape index (κ1) is 18.5. The van der Waals surface area contributed by atoms with Gasteiger partial charge in [-0.1, -0.05) is 11.8 Å². The van der Waals surface area contributed by atoms with Crippen LogP contribution in [-0.2, 0) is 9.31 Å². The van der Waals surface area contributed by atoms with Gasteiger partial charge in [-0.3, -0.25) is 0 Å². The third kappa shape index (κ3) is 3.22. The van der Waals surface area contributed by atoms with E-state index >= 15 is 0 Å². The average molecular weight is 351 g/mol. The maximum atomic E-state index is 9.86. The fourth-order valence-electron chi connectivity index (χ4n) is 2.68. The van der Waals surface area contributed by atoms with Crippen LogP contribution in [0.5, 0.6) is 0 Å². The minimum absolute atomic E-state index is 0.441. The highest BCUT2D eigenvalue weighted by atomic mass is 16.7. The van der Waals surface area contributed by atoms with Gasteiger partial charge in [-0.05, 0) is 47.6 Å². The van der Waals surface area contributed by atoms with E-state index in [0.717, 1.165) is 0 Å². The lowest BCUT2D eigenvalue weighted by Gasteiger charge is -2.32. The molecule has 0 amide bonds. The molecule has 1 N–H and O–H groups in total. The monoisotopic (exact) mass is 351 g/mol. The lowest BCUT2D eigenvalue weighted by Crippen LogP contribution is -2.41. The van der Waals surface area contributed by atoms with Crippen molar-refractivity contribution in [1.29, 1.82) is 5.26 Å². The molecule has 0 unspecified atom stereocenters. The molecule has 1 aliphatic heterocycles. The molecule has 0 aliphatic carbocycles. The standard InChI is InChI=1S/C19H22BN3O3/c1-17(2,24)8-7-13-9-15(16-14(10-21)11-22-23(16)12-13)20-25-18(3,4)19(5,6)26-20/h9,11-12,24H,1-6H3. The van der Waals surface area contributed by atoms with Crippen molar-refractivity contribution in [2.45, 2.75) is 58.3 Å². The number of nitriles is 1. The van der Waals surface area contributed by atoms with Crippen molar-refractivity contribution >= 4 is 18.1 Å². The summed E-state index contributed by atoms with van der Waals surface area (Å²) in [5.41, 5.74) is 0.308. The Bertz CT molecular complexity index is 952. The molecule has 3 rings (SSSR count). The zero-order chi connectivity index (χ0) is 19.3. The maximum Gasteiger partial charge on any atom is 0.497 e. The highest BCUT2D eigenvalue weighted by Gasteiger charge is 2.52. The summed E-state index contributed by atoms with van der Waals surface area (Å²) in [6.07, 6.45) is 3.24. The van der Waals surface area contributed by atoms with Crippen molar-refractivity contribution in [3.8, 4) is 17.9 Å². The number of aliphatic hydroxyl groups is 1. The molecule has 1 saturated heterocycles. The van der Waals surface area contributed by atoms with Gasteiger partial charge < -0.3 is 14.4 Å². The van der Waals surface area contributed by atoms with Crippen LogP contribution in [0.3, 0.4) is 0 Å². The summed E-state index contributed by atoms with van der Waals surface area (Å²) in [5.74, 6) is 5.75. The molecule has 0 spiro atoms. The van der Waals surface area contributed by atoms with Crippen molar-refractivity contribution in [1.82, 2.24) is 9.61 Å². The third-order valence-electron chi connectivity index (χ3n) is 4.78. The SMILES string of the molecule is CC(C)(O)C#Cc1cc(B2OC(C)(C)C(C)(C)O2)c2c(C#N)cnn2c1. The van der Waals surface area contributed by atoms with Crippen LogP contribution in [0.25, 0.3) is 5.52 Å². The summed E-state index contributed by atoms with van der Waals surface area (Å²) in [4.78, 5) is 0. The smallest absolute Gasteiger partial charge is 0.399 e.